The van der Waals surface area contributed by atoms with Crippen molar-refractivity contribution in [2.24, 2.45) is 11.8 Å². The van der Waals surface area contributed by atoms with Crippen LogP contribution in [0.5, 0.6) is 0 Å². The smallest absolute Gasteiger partial charge is 0.254 e. The number of rotatable bonds is 10. The predicted octanol–water partition coefficient (Wildman–Crippen LogP) is 2.76. The van der Waals surface area contributed by atoms with E-state index in [9.17, 15) is 14.0 Å². The van der Waals surface area contributed by atoms with Gasteiger partial charge in [-0.3, -0.25) is 9.59 Å². The van der Waals surface area contributed by atoms with E-state index < -0.39 is 17.8 Å². The van der Waals surface area contributed by atoms with Crippen molar-refractivity contribution < 1.29 is 18.7 Å². The Balaban J connectivity index is 2.49. The first-order valence-electron chi connectivity index (χ1n) is 8.73. The van der Waals surface area contributed by atoms with Crippen LogP contribution in [0.4, 0.5) is 4.39 Å². The van der Waals surface area contributed by atoms with Crippen LogP contribution in [-0.2, 0) is 9.53 Å². The Morgan fingerprint density at radius 1 is 1.16 bits per heavy atom. The van der Waals surface area contributed by atoms with Gasteiger partial charge >= 0.3 is 0 Å². The van der Waals surface area contributed by atoms with Crippen molar-refractivity contribution in [2.75, 3.05) is 19.8 Å². The zero-order chi connectivity index (χ0) is 18.8. The Hall–Kier alpha value is -1.95. The van der Waals surface area contributed by atoms with Gasteiger partial charge in [0.05, 0.1) is 5.56 Å². The lowest BCUT2D eigenvalue weighted by Crippen LogP contribution is -2.50. The van der Waals surface area contributed by atoms with Gasteiger partial charge in [-0.15, -0.1) is 0 Å². The molecule has 0 aromatic heterocycles. The van der Waals surface area contributed by atoms with E-state index in [1.165, 1.54) is 18.2 Å². The lowest BCUT2D eigenvalue weighted by molar-refractivity contribution is -0.124. The molecule has 0 saturated carbocycles. The average molecular weight is 352 g/mol. The number of amides is 2. The fraction of sp³-hybridized carbons (Fsp3) is 0.579. The molecule has 25 heavy (non-hydrogen) atoms. The minimum absolute atomic E-state index is 0.0666. The van der Waals surface area contributed by atoms with Crippen molar-refractivity contribution in [3.63, 3.8) is 0 Å². The maximum atomic E-state index is 13.7. The lowest BCUT2D eigenvalue weighted by atomic mass is 10.0. The van der Waals surface area contributed by atoms with Gasteiger partial charge in [-0.05, 0) is 30.4 Å². The van der Waals surface area contributed by atoms with E-state index in [1.54, 1.807) is 6.07 Å². The normalized spacial score (nSPS) is 12.3. The molecule has 0 heterocycles. The number of benzene rings is 1. The first kappa shape index (κ1) is 21.1. The summed E-state index contributed by atoms with van der Waals surface area (Å²) in [6.07, 6.45) is 0.699. The minimum atomic E-state index is -0.719. The van der Waals surface area contributed by atoms with Gasteiger partial charge in [-0.25, -0.2) is 4.39 Å². The summed E-state index contributed by atoms with van der Waals surface area (Å²) >= 11 is 0. The molecule has 0 saturated heterocycles. The number of nitrogens with one attached hydrogen (secondary N) is 2. The van der Waals surface area contributed by atoms with Crippen LogP contribution in [0.2, 0.25) is 0 Å². The van der Waals surface area contributed by atoms with E-state index in [1.807, 2.05) is 13.8 Å². The molecule has 1 rings (SSSR count). The molecule has 140 valence electrons. The molecular formula is C19H29FN2O3. The zero-order valence-electron chi connectivity index (χ0n) is 15.5. The fourth-order valence-corrected chi connectivity index (χ4v) is 2.21. The summed E-state index contributed by atoms with van der Waals surface area (Å²) in [6, 6.07) is 4.99. The standard InChI is InChI=1S/C19H29FN2O3/c1-13(2)12-25-11-7-10-21-19(24)17(14(3)4)22-18(23)15-8-5-6-9-16(15)20/h5-6,8-9,13-14,17H,7,10-12H2,1-4H3,(H,21,24)(H,22,23). The third-order valence-electron chi connectivity index (χ3n) is 3.57. The largest absolute Gasteiger partial charge is 0.381 e. The molecule has 0 fully saturated rings. The highest BCUT2D eigenvalue weighted by Gasteiger charge is 2.25. The summed E-state index contributed by atoms with van der Waals surface area (Å²) in [7, 11) is 0. The maximum absolute atomic E-state index is 13.7. The highest BCUT2D eigenvalue weighted by atomic mass is 19.1. The molecule has 0 aliphatic rings. The summed E-state index contributed by atoms with van der Waals surface area (Å²) in [5.41, 5.74) is -0.0666. The molecule has 0 spiro atoms. The third-order valence-corrected chi connectivity index (χ3v) is 3.57. The molecule has 1 atom stereocenters. The van der Waals surface area contributed by atoms with Gasteiger partial charge in [-0.2, -0.15) is 0 Å². The first-order valence-corrected chi connectivity index (χ1v) is 8.73. The summed E-state index contributed by atoms with van der Waals surface area (Å²) in [4.78, 5) is 24.5. The number of hydrogen-bond donors (Lipinski definition) is 2. The molecule has 1 aromatic carbocycles. The predicted molar refractivity (Wildman–Crippen MR) is 95.8 cm³/mol. The monoisotopic (exact) mass is 352 g/mol. The Bertz CT molecular complexity index is 561. The van der Waals surface area contributed by atoms with Crippen LogP contribution in [0.15, 0.2) is 24.3 Å². The van der Waals surface area contributed by atoms with Gasteiger partial charge in [0, 0.05) is 19.8 Å². The Morgan fingerprint density at radius 2 is 1.84 bits per heavy atom. The van der Waals surface area contributed by atoms with Crippen LogP contribution >= 0.6 is 0 Å². The van der Waals surface area contributed by atoms with Crippen molar-refractivity contribution in [3.8, 4) is 0 Å². The van der Waals surface area contributed by atoms with Gasteiger partial charge in [-0.1, -0.05) is 39.8 Å². The molecule has 1 aromatic rings. The van der Waals surface area contributed by atoms with E-state index in [4.69, 9.17) is 4.74 Å². The second-order valence-corrected chi connectivity index (χ2v) is 6.79. The van der Waals surface area contributed by atoms with E-state index in [0.717, 1.165) is 0 Å². The molecule has 1 unspecified atom stereocenters. The Kier molecular flexibility index (Phi) is 9.13. The number of carbonyl (C=O) groups is 2. The van der Waals surface area contributed by atoms with E-state index in [-0.39, 0.29) is 17.4 Å². The van der Waals surface area contributed by atoms with Crippen LogP contribution in [0, 0.1) is 17.7 Å². The average Bonchev–Trinajstić information content (AvgIpc) is 2.55. The zero-order valence-corrected chi connectivity index (χ0v) is 15.5. The van der Waals surface area contributed by atoms with Crippen LogP contribution in [-0.4, -0.2) is 37.6 Å². The lowest BCUT2D eigenvalue weighted by Gasteiger charge is -2.22. The van der Waals surface area contributed by atoms with Gasteiger partial charge in [0.15, 0.2) is 0 Å². The second-order valence-electron chi connectivity index (χ2n) is 6.79. The van der Waals surface area contributed by atoms with Crippen molar-refractivity contribution in [3.05, 3.63) is 35.6 Å². The van der Waals surface area contributed by atoms with Crippen molar-refractivity contribution in [1.29, 1.82) is 0 Å². The van der Waals surface area contributed by atoms with Gasteiger partial charge in [0.1, 0.15) is 11.9 Å². The molecule has 0 bridgehead atoms. The number of carbonyl (C=O) groups excluding carboxylic acids is 2. The van der Waals surface area contributed by atoms with Crippen LogP contribution in [0.3, 0.4) is 0 Å². The molecule has 6 heteroatoms. The summed E-state index contributed by atoms with van der Waals surface area (Å²) < 4.78 is 19.2. The molecule has 5 nitrogen and oxygen atoms in total. The van der Waals surface area contributed by atoms with Gasteiger partial charge in [0.25, 0.3) is 5.91 Å². The number of halogens is 1. The number of ether oxygens (including phenoxy) is 1. The number of hydrogen-bond acceptors (Lipinski definition) is 3. The second kappa shape index (κ2) is 10.8. The van der Waals surface area contributed by atoms with Crippen LogP contribution in [0.25, 0.3) is 0 Å². The highest BCUT2D eigenvalue weighted by Crippen LogP contribution is 2.09. The maximum Gasteiger partial charge on any atom is 0.254 e. The van der Waals surface area contributed by atoms with Crippen molar-refractivity contribution in [2.45, 2.75) is 40.2 Å². The van der Waals surface area contributed by atoms with Crippen LogP contribution in [0.1, 0.15) is 44.5 Å². The topological polar surface area (TPSA) is 67.4 Å². The van der Waals surface area contributed by atoms with Gasteiger partial charge in [0.2, 0.25) is 5.91 Å². The van der Waals surface area contributed by atoms with Crippen molar-refractivity contribution in [1.82, 2.24) is 10.6 Å². The van der Waals surface area contributed by atoms with E-state index in [2.05, 4.69) is 24.5 Å². The SMILES string of the molecule is CC(C)COCCCNC(=O)C(NC(=O)c1ccccc1F)C(C)C. The summed E-state index contributed by atoms with van der Waals surface area (Å²) in [5.74, 6) is -1.11. The quantitative estimate of drug-likeness (QED) is 0.636. The molecule has 2 amide bonds. The first-order chi connectivity index (χ1) is 11.8. The van der Waals surface area contributed by atoms with E-state index >= 15 is 0 Å². The molecule has 0 aliphatic carbocycles. The minimum Gasteiger partial charge on any atom is -0.381 e. The molecule has 0 aliphatic heterocycles. The molecular weight excluding hydrogens is 323 g/mol. The third kappa shape index (κ3) is 7.65. The van der Waals surface area contributed by atoms with Crippen molar-refractivity contribution >= 4 is 11.8 Å². The summed E-state index contributed by atoms with van der Waals surface area (Å²) in [6.45, 7) is 9.55. The summed E-state index contributed by atoms with van der Waals surface area (Å²) in [5, 5.41) is 5.41. The molecule has 2 N–H and O–H groups in total. The highest BCUT2D eigenvalue weighted by molar-refractivity contribution is 5.97. The molecule has 0 radical (unpaired) electrons. The van der Waals surface area contributed by atoms with Gasteiger partial charge < -0.3 is 15.4 Å². The Morgan fingerprint density at radius 3 is 2.44 bits per heavy atom. The fourth-order valence-electron chi connectivity index (χ4n) is 2.21. The van der Waals surface area contributed by atoms with E-state index in [0.29, 0.717) is 32.1 Å². The van der Waals surface area contributed by atoms with Crippen LogP contribution < -0.4 is 10.6 Å². The Labute approximate surface area is 149 Å².